The highest BCUT2D eigenvalue weighted by molar-refractivity contribution is 6.74. The molecule has 1 heterocycles. The highest BCUT2D eigenvalue weighted by Gasteiger charge is 2.41. The highest BCUT2D eigenvalue weighted by Crippen LogP contribution is 2.41. The molecule has 1 N–H and O–H groups in total. The monoisotopic (exact) mass is 471 g/mol. The van der Waals surface area contributed by atoms with Gasteiger partial charge in [-0.15, -0.1) is 0 Å². The molecular formula is C22H34ClNO6Si. The summed E-state index contributed by atoms with van der Waals surface area (Å²) in [5.41, 5.74) is 0.106. The maximum Gasteiger partial charge on any atom is 0.407 e. The van der Waals surface area contributed by atoms with Crippen molar-refractivity contribution in [2.45, 2.75) is 83.8 Å². The van der Waals surface area contributed by atoms with Crippen LogP contribution in [0.1, 0.15) is 47.1 Å². The largest absolute Gasteiger partial charge is 0.454 e. The highest BCUT2D eigenvalue weighted by atomic mass is 35.5. The van der Waals surface area contributed by atoms with Crippen molar-refractivity contribution in [3.05, 3.63) is 22.7 Å². The van der Waals surface area contributed by atoms with Gasteiger partial charge < -0.3 is 28.7 Å². The van der Waals surface area contributed by atoms with Crippen LogP contribution >= 0.6 is 11.6 Å². The Morgan fingerprint density at radius 3 is 2.42 bits per heavy atom. The minimum absolute atomic E-state index is 0.101. The SMILES string of the molecule is CC(C)(C)OC(=O)N[C@@H](Cc1cc(Cl)c2c(c1)OCO2)[C@@H](C=O)O[Si](C)(C)C(C)(C)C. The van der Waals surface area contributed by atoms with Crippen molar-refractivity contribution in [3.63, 3.8) is 0 Å². The minimum Gasteiger partial charge on any atom is -0.454 e. The van der Waals surface area contributed by atoms with Crippen LogP contribution in [0.2, 0.25) is 23.2 Å². The smallest absolute Gasteiger partial charge is 0.407 e. The van der Waals surface area contributed by atoms with E-state index in [-0.39, 0.29) is 11.8 Å². The Labute approximate surface area is 190 Å². The fourth-order valence-electron chi connectivity index (χ4n) is 2.82. The number of nitrogens with one attached hydrogen (secondary N) is 1. The van der Waals surface area contributed by atoms with Gasteiger partial charge in [0.15, 0.2) is 19.8 Å². The summed E-state index contributed by atoms with van der Waals surface area (Å²) in [6.45, 7) is 15.8. The number of amides is 1. The molecule has 0 aromatic heterocycles. The first-order chi connectivity index (χ1) is 14.1. The third kappa shape index (κ3) is 6.85. The maximum absolute atomic E-state index is 12.5. The topological polar surface area (TPSA) is 83.1 Å². The lowest BCUT2D eigenvalue weighted by Crippen LogP contribution is -2.53. The van der Waals surface area contributed by atoms with Crippen LogP contribution in [-0.2, 0) is 20.4 Å². The molecule has 31 heavy (non-hydrogen) atoms. The van der Waals surface area contributed by atoms with Gasteiger partial charge in [0.2, 0.25) is 6.79 Å². The van der Waals surface area contributed by atoms with Gasteiger partial charge in [0.05, 0.1) is 11.1 Å². The summed E-state index contributed by atoms with van der Waals surface area (Å²) in [5, 5.41) is 3.13. The van der Waals surface area contributed by atoms with Crippen LogP contribution in [0.5, 0.6) is 11.5 Å². The quantitative estimate of drug-likeness (QED) is 0.440. The van der Waals surface area contributed by atoms with E-state index in [1.165, 1.54) is 0 Å². The zero-order valence-corrected chi connectivity index (χ0v) is 21.4. The van der Waals surface area contributed by atoms with Crippen molar-refractivity contribution < 1.29 is 28.2 Å². The predicted molar refractivity (Wildman–Crippen MR) is 123 cm³/mol. The molecule has 0 saturated carbocycles. The van der Waals surface area contributed by atoms with Gasteiger partial charge in [-0.3, -0.25) is 0 Å². The van der Waals surface area contributed by atoms with Gasteiger partial charge in [0, 0.05) is 0 Å². The number of hydrogen-bond donors (Lipinski definition) is 1. The molecule has 0 bridgehead atoms. The molecule has 1 amide bonds. The molecule has 0 saturated heterocycles. The van der Waals surface area contributed by atoms with Crippen LogP contribution in [0.4, 0.5) is 4.79 Å². The predicted octanol–water partition coefficient (Wildman–Crippen LogP) is 5.09. The number of fused-ring (bicyclic) bond motifs is 1. The second-order valence-corrected chi connectivity index (χ2v) is 15.4. The number of hydrogen-bond acceptors (Lipinski definition) is 6. The Hall–Kier alpha value is -1.77. The number of aldehydes is 1. The van der Waals surface area contributed by atoms with Gasteiger partial charge in [0.1, 0.15) is 18.0 Å². The molecule has 9 heteroatoms. The summed E-state index contributed by atoms with van der Waals surface area (Å²) < 4.78 is 22.6. The Morgan fingerprint density at radius 1 is 1.23 bits per heavy atom. The van der Waals surface area contributed by atoms with E-state index in [0.29, 0.717) is 22.9 Å². The Morgan fingerprint density at radius 2 is 1.87 bits per heavy atom. The van der Waals surface area contributed by atoms with E-state index in [9.17, 15) is 9.59 Å². The second-order valence-electron chi connectivity index (χ2n) is 10.2. The Balaban J connectivity index is 2.32. The average Bonchev–Trinajstić information content (AvgIpc) is 3.05. The van der Waals surface area contributed by atoms with Gasteiger partial charge in [-0.2, -0.15) is 0 Å². The van der Waals surface area contributed by atoms with Crippen molar-refractivity contribution in [1.29, 1.82) is 0 Å². The van der Waals surface area contributed by atoms with Gasteiger partial charge in [-0.05, 0) is 63.0 Å². The fourth-order valence-corrected chi connectivity index (χ4v) is 4.36. The summed E-state index contributed by atoms with van der Waals surface area (Å²) in [4.78, 5) is 24.6. The molecule has 1 aromatic rings. The first-order valence-corrected chi connectivity index (χ1v) is 13.6. The number of carbonyl (C=O) groups excluding carboxylic acids is 2. The van der Waals surface area contributed by atoms with E-state index >= 15 is 0 Å². The number of rotatable bonds is 7. The summed E-state index contributed by atoms with van der Waals surface area (Å²) >= 11 is 6.32. The fraction of sp³-hybridized carbons (Fsp3) is 0.636. The van der Waals surface area contributed by atoms with Crippen molar-refractivity contribution in [3.8, 4) is 11.5 Å². The lowest BCUT2D eigenvalue weighted by Gasteiger charge is -2.40. The molecule has 174 valence electrons. The number of alkyl carbamates (subject to hydrolysis) is 1. The second kappa shape index (κ2) is 9.38. The normalized spacial score (nSPS) is 15.9. The summed E-state index contributed by atoms with van der Waals surface area (Å²) in [7, 11) is -2.29. The van der Waals surface area contributed by atoms with E-state index < -0.39 is 32.2 Å². The van der Waals surface area contributed by atoms with Crippen LogP contribution in [0.25, 0.3) is 0 Å². The molecule has 0 spiro atoms. The lowest BCUT2D eigenvalue weighted by atomic mass is 10.0. The zero-order chi connectivity index (χ0) is 23.6. The minimum atomic E-state index is -2.29. The summed E-state index contributed by atoms with van der Waals surface area (Å²) in [6, 6.07) is 2.89. The van der Waals surface area contributed by atoms with Gasteiger partial charge in [-0.25, -0.2) is 4.79 Å². The molecule has 2 atom stereocenters. The number of carbonyl (C=O) groups is 2. The molecular weight excluding hydrogens is 438 g/mol. The third-order valence-corrected chi connectivity index (χ3v) is 10.2. The standard InChI is InChI=1S/C22H34ClNO6Si/c1-21(2,3)29-20(26)24-16(18(12-25)30-31(7,8)22(4,5)6)10-14-9-15(23)19-17(11-14)27-13-28-19/h9,11-12,16,18H,10,13H2,1-8H3,(H,24,26)/t16-,18+/m0/s1. The molecule has 2 rings (SSSR count). The Bertz CT molecular complexity index is 815. The van der Waals surface area contributed by atoms with Crippen LogP contribution in [0, 0.1) is 0 Å². The zero-order valence-electron chi connectivity index (χ0n) is 19.6. The van der Waals surface area contributed by atoms with Crippen molar-refractivity contribution in [1.82, 2.24) is 5.32 Å². The van der Waals surface area contributed by atoms with E-state index in [4.69, 9.17) is 30.2 Å². The van der Waals surface area contributed by atoms with Crippen LogP contribution in [-0.4, -0.2) is 45.2 Å². The summed E-state index contributed by atoms with van der Waals surface area (Å²) in [5.74, 6) is 1.03. The van der Waals surface area contributed by atoms with E-state index in [2.05, 4.69) is 39.2 Å². The number of benzene rings is 1. The van der Waals surface area contributed by atoms with E-state index in [1.54, 1.807) is 32.9 Å². The number of halogens is 1. The summed E-state index contributed by atoms with van der Waals surface area (Å²) in [6.07, 6.45) is -0.419. The Kier molecular flexibility index (Phi) is 7.71. The molecule has 0 radical (unpaired) electrons. The van der Waals surface area contributed by atoms with Crippen LogP contribution in [0.15, 0.2) is 12.1 Å². The molecule has 0 unspecified atom stereocenters. The lowest BCUT2D eigenvalue weighted by molar-refractivity contribution is -0.115. The molecule has 7 nitrogen and oxygen atoms in total. The van der Waals surface area contributed by atoms with Crippen molar-refractivity contribution in [2.24, 2.45) is 0 Å². The third-order valence-electron chi connectivity index (χ3n) is 5.41. The van der Waals surface area contributed by atoms with Crippen molar-refractivity contribution in [2.75, 3.05) is 6.79 Å². The molecule has 1 aliphatic rings. The number of ether oxygens (including phenoxy) is 3. The van der Waals surface area contributed by atoms with E-state index in [1.807, 2.05) is 0 Å². The molecule has 1 aromatic carbocycles. The average molecular weight is 472 g/mol. The molecule has 0 fully saturated rings. The van der Waals surface area contributed by atoms with Crippen molar-refractivity contribution >= 4 is 32.3 Å². The maximum atomic E-state index is 12.5. The van der Waals surface area contributed by atoms with Crippen LogP contribution in [0.3, 0.4) is 0 Å². The first-order valence-electron chi connectivity index (χ1n) is 10.3. The van der Waals surface area contributed by atoms with Gasteiger partial charge >= 0.3 is 6.09 Å². The first kappa shape index (κ1) is 25.5. The molecule has 1 aliphatic heterocycles. The van der Waals surface area contributed by atoms with Gasteiger partial charge in [0.25, 0.3) is 0 Å². The molecule has 0 aliphatic carbocycles. The van der Waals surface area contributed by atoms with Crippen LogP contribution < -0.4 is 14.8 Å². The van der Waals surface area contributed by atoms with Gasteiger partial charge in [-0.1, -0.05) is 32.4 Å². The van der Waals surface area contributed by atoms with E-state index in [0.717, 1.165) is 11.8 Å².